The minimum atomic E-state index is -0.705. The lowest BCUT2D eigenvalue weighted by molar-refractivity contribution is 0.587. The molecule has 1 aromatic carbocycles. The monoisotopic (exact) mass is 293 g/mol. The van der Waals surface area contributed by atoms with Gasteiger partial charge in [0, 0.05) is 27.8 Å². The number of benzene rings is 1. The van der Waals surface area contributed by atoms with E-state index in [0.717, 1.165) is 25.1 Å². The van der Waals surface area contributed by atoms with Crippen molar-refractivity contribution in [2.45, 2.75) is 57.7 Å². The summed E-state index contributed by atoms with van der Waals surface area (Å²) in [4.78, 5) is 0. The van der Waals surface area contributed by atoms with Gasteiger partial charge in [0.2, 0.25) is 0 Å². The fourth-order valence-electron chi connectivity index (χ4n) is 3.09. The van der Waals surface area contributed by atoms with E-state index >= 15 is 0 Å². The minimum Gasteiger partial charge on any atom is -0.309 e. The van der Waals surface area contributed by atoms with Gasteiger partial charge in [-0.05, 0) is 44.4 Å². The number of hydrogen-bond donors (Lipinski definition) is 1. The van der Waals surface area contributed by atoms with Crippen molar-refractivity contribution >= 4 is 10.8 Å². The van der Waals surface area contributed by atoms with Gasteiger partial charge in [-0.3, -0.25) is 4.21 Å². The molecule has 2 rings (SSSR count). The van der Waals surface area contributed by atoms with Crippen LogP contribution in [0.15, 0.2) is 18.2 Å². The van der Waals surface area contributed by atoms with Crippen LogP contribution < -0.4 is 5.32 Å². The topological polar surface area (TPSA) is 29.1 Å². The molecule has 0 heterocycles. The van der Waals surface area contributed by atoms with Crippen LogP contribution in [0.1, 0.15) is 55.3 Å². The van der Waals surface area contributed by atoms with E-state index in [4.69, 9.17) is 0 Å². The summed E-state index contributed by atoms with van der Waals surface area (Å²) in [6.45, 7) is 7.31. The van der Waals surface area contributed by atoms with Crippen LogP contribution in [0.5, 0.6) is 0 Å². The summed E-state index contributed by atoms with van der Waals surface area (Å²) >= 11 is 0. The Hall–Kier alpha value is -0.670. The number of hydrogen-bond acceptors (Lipinski definition) is 2. The Bertz CT molecular complexity index is 466. The highest BCUT2D eigenvalue weighted by molar-refractivity contribution is 7.85. The van der Waals surface area contributed by atoms with Crippen LogP contribution in [0.25, 0.3) is 0 Å². The smallest absolute Gasteiger partial charge is 0.0439 e. The number of nitrogens with one attached hydrogen (secondary N) is 1. The minimum absolute atomic E-state index is 0.223. The lowest BCUT2D eigenvalue weighted by atomic mass is 10.00. The van der Waals surface area contributed by atoms with Crippen LogP contribution in [-0.4, -0.2) is 21.8 Å². The van der Waals surface area contributed by atoms with E-state index in [1.807, 2.05) is 0 Å². The first-order chi connectivity index (χ1) is 9.61. The largest absolute Gasteiger partial charge is 0.309 e. The Morgan fingerprint density at radius 2 is 2.00 bits per heavy atom. The summed E-state index contributed by atoms with van der Waals surface area (Å²) in [5, 5.41) is 3.96. The average Bonchev–Trinajstić information content (AvgIpc) is 2.95. The molecule has 2 nitrogen and oxygen atoms in total. The molecule has 2 unspecified atom stereocenters. The molecule has 1 saturated carbocycles. The Labute approximate surface area is 125 Å². The van der Waals surface area contributed by atoms with Crippen molar-refractivity contribution in [2.75, 3.05) is 12.3 Å². The van der Waals surface area contributed by atoms with Crippen molar-refractivity contribution in [1.29, 1.82) is 0 Å². The summed E-state index contributed by atoms with van der Waals surface area (Å²) in [7, 11) is -0.705. The first kappa shape index (κ1) is 15.7. The van der Waals surface area contributed by atoms with Gasteiger partial charge in [0.05, 0.1) is 0 Å². The Morgan fingerprint density at radius 3 is 2.65 bits per heavy atom. The van der Waals surface area contributed by atoms with Gasteiger partial charge in [0.1, 0.15) is 0 Å². The van der Waals surface area contributed by atoms with Crippen molar-refractivity contribution < 1.29 is 4.21 Å². The summed E-state index contributed by atoms with van der Waals surface area (Å²) < 4.78 is 12.6. The van der Waals surface area contributed by atoms with E-state index in [2.05, 4.69) is 44.3 Å². The highest BCUT2D eigenvalue weighted by atomic mass is 32.2. The standard InChI is InChI=1S/C17H27NOS/c1-4-18-17(12-20(19)15-7-5-6-8-15)16-11-13(2)9-10-14(16)3/h9-11,15,17-18H,4-8,12H2,1-3H3. The molecule has 1 aliphatic rings. The van der Waals surface area contributed by atoms with E-state index in [9.17, 15) is 4.21 Å². The second kappa shape index (κ2) is 7.37. The van der Waals surface area contributed by atoms with E-state index in [1.54, 1.807) is 0 Å². The molecule has 0 aromatic heterocycles. The van der Waals surface area contributed by atoms with Gasteiger partial charge in [-0.25, -0.2) is 0 Å². The summed E-state index contributed by atoms with van der Waals surface area (Å²) in [5.41, 5.74) is 3.89. The van der Waals surface area contributed by atoms with Crippen LogP contribution in [0.2, 0.25) is 0 Å². The molecule has 20 heavy (non-hydrogen) atoms. The van der Waals surface area contributed by atoms with E-state index in [1.165, 1.54) is 29.5 Å². The van der Waals surface area contributed by atoms with Gasteiger partial charge in [0.25, 0.3) is 0 Å². The molecule has 0 aliphatic heterocycles. The molecule has 3 heteroatoms. The van der Waals surface area contributed by atoms with Gasteiger partial charge < -0.3 is 5.32 Å². The van der Waals surface area contributed by atoms with Crippen molar-refractivity contribution in [1.82, 2.24) is 5.32 Å². The molecule has 112 valence electrons. The van der Waals surface area contributed by atoms with Gasteiger partial charge in [-0.1, -0.05) is 43.5 Å². The first-order valence-electron chi connectivity index (χ1n) is 7.79. The van der Waals surface area contributed by atoms with E-state index in [0.29, 0.717) is 5.25 Å². The number of aryl methyl sites for hydroxylation is 2. The molecule has 1 aromatic rings. The van der Waals surface area contributed by atoms with Gasteiger partial charge in [0.15, 0.2) is 0 Å². The fraction of sp³-hybridized carbons (Fsp3) is 0.647. The molecule has 0 radical (unpaired) electrons. The molecule has 0 bridgehead atoms. The SMILES string of the molecule is CCNC(CS(=O)C1CCCC1)c1cc(C)ccc1C. The lowest BCUT2D eigenvalue weighted by Gasteiger charge is -2.22. The Kier molecular flexibility index (Phi) is 5.79. The van der Waals surface area contributed by atoms with Crippen molar-refractivity contribution in [3.05, 3.63) is 34.9 Å². The molecule has 1 aliphatic carbocycles. The molecule has 0 amide bonds. The zero-order valence-corrected chi connectivity index (χ0v) is 13.8. The fourth-order valence-corrected chi connectivity index (χ4v) is 4.85. The zero-order chi connectivity index (χ0) is 14.5. The maximum Gasteiger partial charge on any atom is 0.0439 e. The average molecular weight is 293 g/mol. The van der Waals surface area contributed by atoms with Gasteiger partial charge in [-0.15, -0.1) is 0 Å². The van der Waals surface area contributed by atoms with Crippen LogP contribution in [0, 0.1) is 13.8 Å². The summed E-state index contributed by atoms with van der Waals surface area (Å²) in [6, 6.07) is 6.79. The molecular formula is C17H27NOS. The van der Waals surface area contributed by atoms with Crippen LogP contribution in [0.4, 0.5) is 0 Å². The van der Waals surface area contributed by atoms with E-state index < -0.39 is 10.8 Å². The number of rotatable bonds is 6. The molecule has 1 fully saturated rings. The predicted molar refractivity (Wildman–Crippen MR) is 87.6 cm³/mol. The quantitative estimate of drug-likeness (QED) is 0.867. The van der Waals surface area contributed by atoms with Crippen molar-refractivity contribution in [2.24, 2.45) is 0 Å². The van der Waals surface area contributed by atoms with Gasteiger partial charge >= 0.3 is 0 Å². The third-order valence-corrected chi connectivity index (χ3v) is 6.14. The van der Waals surface area contributed by atoms with E-state index in [-0.39, 0.29) is 6.04 Å². The van der Waals surface area contributed by atoms with Crippen LogP contribution in [0.3, 0.4) is 0 Å². The van der Waals surface area contributed by atoms with Crippen molar-refractivity contribution in [3.8, 4) is 0 Å². The summed E-state index contributed by atoms with van der Waals surface area (Å²) in [6.07, 6.45) is 4.81. The molecule has 0 spiro atoms. The second-order valence-corrected chi connectivity index (χ2v) is 7.69. The summed E-state index contributed by atoms with van der Waals surface area (Å²) in [5.74, 6) is 0.753. The second-order valence-electron chi connectivity index (χ2n) is 5.92. The van der Waals surface area contributed by atoms with Crippen LogP contribution in [-0.2, 0) is 10.8 Å². The maximum absolute atomic E-state index is 12.6. The normalized spacial score (nSPS) is 19.1. The van der Waals surface area contributed by atoms with Gasteiger partial charge in [-0.2, -0.15) is 0 Å². The van der Waals surface area contributed by atoms with Crippen LogP contribution >= 0.6 is 0 Å². The molecule has 2 atom stereocenters. The Balaban J connectivity index is 2.13. The maximum atomic E-state index is 12.6. The molecule has 1 N–H and O–H groups in total. The molecule has 0 saturated heterocycles. The third kappa shape index (κ3) is 3.92. The van der Waals surface area contributed by atoms with Crippen molar-refractivity contribution in [3.63, 3.8) is 0 Å². The Morgan fingerprint density at radius 1 is 1.30 bits per heavy atom. The highest BCUT2D eigenvalue weighted by Crippen LogP contribution is 2.26. The first-order valence-corrected chi connectivity index (χ1v) is 9.17. The highest BCUT2D eigenvalue weighted by Gasteiger charge is 2.25. The zero-order valence-electron chi connectivity index (χ0n) is 12.9. The molecular weight excluding hydrogens is 266 g/mol. The third-order valence-electron chi connectivity index (χ3n) is 4.27. The predicted octanol–water partition coefficient (Wildman–Crippen LogP) is 3.65. The lowest BCUT2D eigenvalue weighted by Crippen LogP contribution is -2.29.